The van der Waals surface area contributed by atoms with Gasteiger partial charge in [-0.25, -0.2) is 4.39 Å². The highest BCUT2D eigenvalue weighted by molar-refractivity contribution is 5.62. The lowest BCUT2D eigenvalue weighted by Gasteiger charge is -2.08. The van der Waals surface area contributed by atoms with Gasteiger partial charge in [0.25, 0.3) is 5.69 Å². The van der Waals surface area contributed by atoms with Crippen molar-refractivity contribution in [3.05, 3.63) is 69.5 Å². The van der Waals surface area contributed by atoms with Crippen molar-refractivity contribution in [2.45, 2.75) is 13.5 Å². The van der Waals surface area contributed by atoms with Crippen LogP contribution in [-0.2, 0) is 6.54 Å². The van der Waals surface area contributed by atoms with Gasteiger partial charge in [0.2, 0.25) is 0 Å². The molecule has 0 unspecified atom stereocenters. The van der Waals surface area contributed by atoms with Crippen molar-refractivity contribution in [2.24, 2.45) is 0 Å². The van der Waals surface area contributed by atoms with Crippen LogP contribution in [-0.4, -0.2) is 4.92 Å². The average molecular weight is 260 g/mol. The molecule has 5 heteroatoms. The van der Waals surface area contributed by atoms with E-state index in [1.54, 1.807) is 31.2 Å². The molecule has 0 amide bonds. The summed E-state index contributed by atoms with van der Waals surface area (Å²) in [7, 11) is 0. The van der Waals surface area contributed by atoms with Crippen molar-refractivity contribution in [3.8, 4) is 0 Å². The Hall–Kier alpha value is -2.43. The number of nitrogens with one attached hydrogen (secondary N) is 1. The van der Waals surface area contributed by atoms with Gasteiger partial charge in [-0.15, -0.1) is 0 Å². The molecule has 0 saturated carbocycles. The van der Waals surface area contributed by atoms with Crippen LogP contribution in [0.5, 0.6) is 0 Å². The number of hydrogen-bond donors (Lipinski definition) is 1. The molecule has 0 aromatic heterocycles. The molecule has 0 radical (unpaired) electrons. The molecular formula is C14H13FN2O2. The van der Waals surface area contributed by atoms with Crippen LogP contribution in [0, 0.1) is 22.9 Å². The summed E-state index contributed by atoms with van der Waals surface area (Å²) in [4.78, 5) is 10.5. The molecule has 0 aliphatic rings. The Morgan fingerprint density at radius 2 is 2.05 bits per heavy atom. The zero-order chi connectivity index (χ0) is 13.8. The quantitative estimate of drug-likeness (QED) is 0.674. The van der Waals surface area contributed by atoms with Gasteiger partial charge in [0.1, 0.15) is 11.5 Å². The first kappa shape index (κ1) is 13.0. The summed E-state index contributed by atoms with van der Waals surface area (Å²) in [5.41, 5.74) is 2.01. The van der Waals surface area contributed by atoms with Crippen LogP contribution in [0.1, 0.15) is 11.1 Å². The number of aryl methyl sites for hydroxylation is 1. The zero-order valence-electron chi connectivity index (χ0n) is 10.4. The summed E-state index contributed by atoms with van der Waals surface area (Å²) >= 11 is 0. The minimum atomic E-state index is -0.430. The fraction of sp³-hybridized carbons (Fsp3) is 0.143. The van der Waals surface area contributed by atoms with Gasteiger partial charge < -0.3 is 5.32 Å². The van der Waals surface area contributed by atoms with Crippen molar-refractivity contribution in [1.29, 1.82) is 0 Å². The van der Waals surface area contributed by atoms with Crippen molar-refractivity contribution < 1.29 is 9.31 Å². The van der Waals surface area contributed by atoms with Crippen molar-refractivity contribution >= 4 is 11.4 Å². The van der Waals surface area contributed by atoms with Crippen molar-refractivity contribution in [3.63, 3.8) is 0 Å². The Morgan fingerprint density at radius 1 is 1.26 bits per heavy atom. The Morgan fingerprint density at radius 3 is 2.74 bits per heavy atom. The Kier molecular flexibility index (Phi) is 3.75. The van der Waals surface area contributed by atoms with Crippen molar-refractivity contribution in [1.82, 2.24) is 0 Å². The third-order valence-electron chi connectivity index (χ3n) is 2.72. The molecule has 0 saturated heterocycles. The molecule has 0 heterocycles. The Balaban J connectivity index is 2.17. The maximum atomic E-state index is 13.0. The van der Waals surface area contributed by atoms with E-state index in [9.17, 15) is 14.5 Å². The highest BCUT2D eigenvalue weighted by atomic mass is 19.1. The maximum Gasteiger partial charge on any atom is 0.292 e. The van der Waals surface area contributed by atoms with E-state index in [1.165, 1.54) is 18.2 Å². The van der Waals surface area contributed by atoms with Crippen LogP contribution in [0.15, 0.2) is 42.5 Å². The lowest BCUT2D eigenvalue weighted by molar-refractivity contribution is -0.384. The molecule has 19 heavy (non-hydrogen) atoms. The predicted octanol–water partition coefficient (Wildman–Crippen LogP) is 3.65. The summed E-state index contributed by atoms with van der Waals surface area (Å²) < 4.78 is 13.0. The highest BCUT2D eigenvalue weighted by Crippen LogP contribution is 2.25. The third kappa shape index (κ3) is 3.28. The van der Waals surface area contributed by atoms with Gasteiger partial charge in [0.15, 0.2) is 0 Å². The lowest BCUT2D eigenvalue weighted by Crippen LogP contribution is -2.03. The number of nitro benzene ring substituents is 1. The number of benzene rings is 2. The van der Waals surface area contributed by atoms with E-state index in [0.29, 0.717) is 12.2 Å². The fourth-order valence-electron chi connectivity index (χ4n) is 1.79. The second kappa shape index (κ2) is 5.48. The number of rotatable bonds is 4. The molecule has 2 aromatic carbocycles. The maximum absolute atomic E-state index is 13.0. The Bertz CT molecular complexity index is 614. The average Bonchev–Trinajstić information content (AvgIpc) is 2.37. The number of halogens is 1. The molecule has 4 nitrogen and oxygen atoms in total. The zero-order valence-corrected chi connectivity index (χ0v) is 10.4. The predicted molar refractivity (Wildman–Crippen MR) is 71.6 cm³/mol. The number of hydrogen-bond acceptors (Lipinski definition) is 3. The van der Waals surface area contributed by atoms with E-state index >= 15 is 0 Å². The molecule has 0 bridgehead atoms. The molecule has 1 N–H and O–H groups in total. The second-order valence-corrected chi connectivity index (χ2v) is 4.26. The summed E-state index contributed by atoms with van der Waals surface area (Å²) in [6, 6.07) is 11.1. The van der Waals surface area contributed by atoms with E-state index in [0.717, 1.165) is 11.1 Å². The molecule has 98 valence electrons. The summed E-state index contributed by atoms with van der Waals surface area (Å²) in [5.74, 6) is -0.322. The first-order valence-electron chi connectivity index (χ1n) is 5.79. The first-order chi connectivity index (χ1) is 9.06. The number of anilines is 1. The van der Waals surface area contributed by atoms with Gasteiger partial charge in [0.05, 0.1) is 4.92 Å². The lowest BCUT2D eigenvalue weighted by atomic mass is 10.1. The number of nitro groups is 1. The van der Waals surface area contributed by atoms with E-state index in [1.807, 2.05) is 0 Å². The third-order valence-corrected chi connectivity index (χ3v) is 2.72. The van der Waals surface area contributed by atoms with Gasteiger partial charge in [0, 0.05) is 12.6 Å². The van der Waals surface area contributed by atoms with Gasteiger partial charge in [-0.3, -0.25) is 10.1 Å². The first-order valence-corrected chi connectivity index (χ1v) is 5.79. The van der Waals surface area contributed by atoms with E-state index in [4.69, 9.17) is 0 Å². The second-order valence-electron chi connectivity index (χ2n) is 4.26. The molecule has 2 rings (SSSR count). The highest BCUT2D eigenvalue weighted by Gasteiger charge is 2.13. The molecule has 0 atom stereocenters. The monoisotopic (exact) mass is 260 g/mol. The Labute approximate surface area is 110 Å². The van der Waals surface area contributed by atoms with E-state index in [-0.39, 0.29) is 11.5 Å². The van der Waals surface area contributed by atoms with Crippen LogP contribution in [0.2, 0.25) is 0 Å². The minimum absolute atomic E-state index is 0.0244. The fourth-order valence-corrected chi connectivity index (χ4v) is 1.79. The molecule has 0 aliphatic heterocycles. The largest absolute Gasteiger partial charge is 0.375 e. The smallest absolute Gasteiger partial charge is 0.292 e. The number of nitrogens with zero attached hydrogens (tertiary/aromatic N) is 1. The SMILES string of the molecule is Cc1ccc(NCc2cccc(F)c2)c([N+](=O)[O-])c1. The van der Waals surface area contributed by atoms with Gasteiger partial charge in [-0.1, -0.05) is 18.2 Å². The van der Waals surface area contributed by atoms with Crippen molar-refractivity contribution in [2.75, 3.05) is 5.32 Å². The van der Waals surface area contributed by atoms with Gasteiger partial charge in [-0.2, -0.15) is 0 Å². The minimum Gasteiger partial charge on any atom is -0.375 e. The van der Waals surface area contributed by atoms with Crippen LogP contribution >= 0.6 is 0 Å². The molecule has 0 fully saturated rings. The summed E-state index contributed by atoms with van der Waals surface area (Å²) in [6.07, 6.45) is 0. The van der Waals surface area contributed by atoms with Gasteiger partial charge >= 0.3 is 0 Å². The molecule has 0 spiro atoms. The van der Waals surface area contributed by atoms with Crippen LogP contribution in [0.3, 0.4) is 0 Å². The van der Waals surface area contributed by atoms with E-state index < -0.39 is 4.92 Å². The normalized spacial score (nSPS) is 10.2. The summed E-state index contributed by atoms with van der Waals surface area (Å²) in [6.45, 7) is 2.13. The van der Waals surface area contributed by atoms with Gasteiger partial charge in [-0.05, 0) is 36.2 Å². The standard InChI is InChI=1S/C14H13FN2O2/c1-10-5-6-13(14(7-10)17(18)19)16-9-11-3-2-4-12(15)8-11/h2-8,16H,9H2,1H3. The molecule has 0 aliphatic carbocycles. The van der Waals surface area contributed by atoms with E-state index in [2.05, 4.69) is 5.32 Å². The van der Waals surface area contributed by atoms with Crippen LogP contribution in [0.25, 0.3) is 0 Å². The topological polar surface area (TPSA) is 55.2 Å². The molecular weight excluding hydrogens is 247 g/mol. The van der Waals surface area contributed by atoms with Crippen LogP contribution < -0.4 is 5.32 Å². The molecule has 2 aromatic rings. The summed E-state index contributed by atoms with van der Waals surface area (Å²) in [5, 5.41) is 13.9. The van der Waals surface area contributed by atoms with Crippen LogP contribution in [0.4, 0.5) is 15.8 Å².